The van der Waals surface area contributed by atoms with Crippen LogP contribution < -0.4 is 0 Å². The molecule has 304 valence electrons. The molecule has 0 bridgehead atoms. The van der Waals surface area contributed by atoms with E-state index >= 15 is 0 Å². The van der Waals surface area contributed by atoms with Gasteiger partial charge >= 0.3 is 5.97 Å². The minimum Gasteiger partial charge on any atom is -0.458 e. The first-order valence-electron chi connectivity index (χ1n) is 20.6. The minimum atomic E-state index is -0.600. The number of nitrogens with zero attached hydrogens (tertiary/aromatic N) is 1. The molecule has 17 atom stereocenters. The number of cyclic esters (lactones) is 1. The van der Waals surface area contributed by atoms with Gasteiger partial charge in [-0.25, -0.2) is 0 Å². The number of esters is 1. The maximum absolute atomic E-state index is 14.7. The van der Waals surface area contributed by atoms with Gasteiger partial charge in [0.25, 0.3) is 0 Å². The maximum Gasteiger partial charge on any atom is 0.307 e. The molecular formula is C43H67NO10. The van der Waals surface area contributed by atoms with Crippen molar-refractivity contribution in [2.45, 2.75) is 153 Å². The predicted octanol–water partition coefficient (Wildman–Crippen LogP) is 6.04. The first kappa shape index (κ1) is 41.7. The van der Waals surface area contributed by atoms with Gasteiger partial charge in [-0.15, -0.1) is 0 Å². The molecule has 3 heterocycles. The monoisotopic (exact) mass is 757 g/mol. The fourth-order valence-electron chi connectivity index (χ4n) is 10.5. The van der Waals surface area contributed by atoms with Gasteiger partial charge in [-0.05, 0) is 115 Å². The lowest BCUT2D eigenvalue weighted by Gasteiger charge is -2.44. The SMILES string of the molecule is CCC=CC1CCC[C@H](O[C@H]2CC[C@H](N(C)C)[C@@H](C)O2)[C@@H](C)C(=O)C2=CC3C(C=CC4C[C@@H](O[C@@H]5O[C@@H](C)[C@H](OC)[C@@H](OC)[C@H]5OC)CC43)C2CC(=O)O1. The third kappa shape index (κ3) is 8.94. The van der Waals surface area contributed by atoms with Crippen LogP contribution in [0.1, 0.15) is 85.5 Å². The van der Waals surface area contributed by atoms with E-state index in [-0.39, 0.29) is 103 Å². The zero-order valence-corrected chi connectivity index (χ0v) is 34.1. The van der Waals surface area contributed by atoms with Crippen molar-refractivity contribution in [3.8, 4) is 0 Å². The Kier molecular flexibility index (Phi) is 14.3. The standard InChI is InChI=1S/C43H67NO10/c1-10-11-13-28-14-12-15-36(54-38-19-18-35(44(5)6)25(3)50-38)24(2)39(46)34-22-32-30(33(34)23-37(45)52-28)17-16-27-20-29(21-31(27)32)53-43-42(49-9)41(48-8)40(47-7)26(4)51-43/h11,13,16-17,22,24-33,35-36,38,40-43H,10,12,14-15,18-21,23H2,1-9H3/t24-,25-,26+,27?,28?,29-,30?,31?,32?,33?,35+,36+,38+,40+,41-,42-,43+/m1/s1. The van der Waals surface area contributed by atoms with E-state index in [1.54, 1.807) is 21.3 Å². The minimum absolute atomic E-state index is 0.0270. The topological polar surface area (TPSA) is 111 Å². The Hall–Kier alpha value is -1.96. The first-order chi connectivity index (χ1) is 26.0. The van der Waals surface area contributed by atoms with E-state index in [9.17, 15) is 9.59 Å². The van der Waals surface area contributed by atoms with Crippen LogP contribution in [0.25, 0.3) is 0 Å². The predicted molar refractivity (Wildman–Crippen MR) is 203 cm³/mol. The second kappa shape index (κ2) is 18.5. The molecule has 3 saturated heterocycles. The molecule has 0 aromatic carbocycles. The van der Waals surface area contributed by atoms with E-state index in [4.69, 9.17) is 37.9 Å². The molecule has 0 radical (unpaired) electrons. The number of likely N-dealkylation sites (N-methyl/N-ethyl adjacent to an activating group) is 1. The number of carbonyl (C=O) groups excluding carboxylic acids is 2. The van der Waals surface area contributed by atoms with Gasteiger partial charge in [-0.3, -0.25) is 9.59 Å². The van der Waals surface area contributed by atoms with Crippen molar-refractivity contribution < 1.29 is 47.5 Å². The van der Waals surface area contributed by atoms with Gasteiger partial charge in [0.2, 0.25) is 0 Å². The molecule has 0 N–H and O–H groups in total. The van der Waals surface area contributed by atoms with Crippen LogP contribution in [0, 0.1) is 35.5 Å². The zero-order chi connectivity index (χ0) is 38.7. The van der Waals surface area contributed by atoms with E-state index in [2.05, 4.69) is 57.1 Å². The van der Waals surface area contributed by atoms with E-state index in [1.807, 2.05) is 19.9 Å². The zero-order valence-electron chi connectivity index (χ0n) is 34.1. The molecule has 1 saturated carbocycles. The Morgan fingerprint density at radius 3 is 2.30 bits per heavy atom. The molecule has 6 aliphatic rings. The molecule has 11 nitrogen and oxygen atoms in total. The summed E-state index contributed by atoms with van der Waals surface area (Å²) < 4.78 is 49.7. The number of rotatable bonds is 10. The highest BCUT2D eigenvalue weighted by Gasteiger charge is 2.52. The smallest absolute Gasteiger partial charge is 0.307 e. The summed E-state index contributed by atoms with van der Waals surface area (Å²) in [6, 6.07) is 0.330. The number of hydrogen-bond donors (Lipinski definition) is 0. The number of hydrogen-bond acceptors (Lipinski definition) is 11. The second-order valence-electron chi connectivity index (χ2n) is 16.8. The number of ketones is 1. The molecule has 0 spiro atoms. The van der Waals surface area contributed by atoms with Crippen LogP contribution in [-0.4, -0.2) is 120 Å². The van der Waals surface area contributed by atoms with Crippen LogP contribution in [-0.2, 0) is 47.5 Å². The average Bonchev–Trinajstić information content (AvgIpc) is 3.72. The van der Waals surface area contributed by atoms with Crippen molar-refractivity contribution in [2.24, 2.45) is 35.5 Å². The Balaban J connectivity index is 1.22. The van der Waals surface area contributed by atoms with Gasteiger partial charge in [0.05, 0.1) is 30.8 Å². The van der Waals surface area contributed by atoms with Gasteiger partial charge in [0.1, 0.15) is 24.4 Å². The highest BCUT2D eigenvalue weighted by molar-refractivity contribution is 5.99. The summed E-state index contributed by atoms with van der Waals surface area (Å²) in [5, 5.41) is 0. The van der Waals surface area contributed by atoms with Crippen LogP contribution in [0.4, 0.5) is 0 Å². The van der Waals surface area contributed by atoms with E-state index in [0.29, 0.717) is 18.9 Å². The van der Waals surface area contributed by atoms with Gasteiger partial charge in [-0.1, -0.05) is 38.2 Å². The van der Waals surface area contributed by atoms with Crippen LogP contribution >= 0.6 is 0 Å². The third-order valence-corrected chi connectivity index (χ3v) is 13.3. The largest absolute Gasteiger partial charge is 0.458 e. The summed E-state index contributed by atoms with van der Waals surface area (Å²) in [5.74, 6) is -0.122. The summed E-state index contributed by atoms with van der Waals surface area (Å²) in [7, 11) is 9.15. The number of Topliss-reactive ketones (excluding diaryl/α,β-unsaturated/α-hetero) is 1. The van der Waals surface area contributed by atoms with Crippen molar-refractivity contribution in [1.82, 2.24) is 4.90 Å². The van der Waals surface area contributed by atoms with Gasteiger partial charge in [-0.2, -0.15) is 0 Å². The summed E-state index contributed by atoms with van der Waals surface area (Å²) in [4.78, 5) is 30.6. The number of ether oxygens (including phenoxy) is 8. The van der Waals surface area contributed by atoms with Crippen LogP contribution in [0.3, 0.4) is 0 Å². The number of carbonyl (C=O) groups is 2. The number of fused-ring (bicyclic) bond motifs is 5. The van der Waals surface area contributed by atoms with Crippen molar-refractivity contribution in [3.05, 3.63) is 36.0 Å². The molecular weight excluding hydrogens is 690 g/mol. The number of allylic oxidation sites excluding steroid dienone is 5. The third-order valence-electron chi connectivity index (χ3n) is 13.3. The van der Waals surface area contributed by atoms with Crippen molar-refractivity contribution in [3.63, 3.8) is 0 Å². The van der Waals surface area contributed by atoms with Crippen LogP contribution in [0.5, 0.6) is 0 Å². The molecule has 0 aromatic heterocycles. The van der Waals surface area contributed by atoms with Crippen molar-refractivity contribution >= 4 is 11.8 Å². The van der Waals surface area contributed by atoms with E-state index in [1.165, 1.54) is 0 Å². The second-order valence-corrected chi connectivity index (χ2v) is 16.8. The lowest BCUT2D eigenvalue weighted by Crippen LogP contribution is -2.59. The van der Waals surface area contributed by atoms with Gasteiger partial charge < -0.3 is 42.8 Å². The Labute approximate surface area is 323 Å². The summed E-state index contributed by atoms with van der Waals surface area (Å²) in [6.45, 7) is 8.17. The normalized spacial score (nSPS) is 44.6. The quantitative estimate of drug-likeness (QED) is 0.192. The van der Waals surface area contributed by atoms with E-state index < -0.39 is 12.4 Å². The molecule has 0 amide bonds. The van der Waals surface area contributed by atoms with E-state index in [0.717, 1.165) is 44.1 Å². The number of methoxy groups -OCH3 is 3. The van der Waals surface area contributed by atoms with Crippen LogP contribution in [0.2, 0.25) is 0 Å². The highest BCUT2D eigenvalue weighted by atomic mass is 16.7. The molecule has 4 fully saturated rings. The summed E-state index contributed by atoms with van der Waals surface area (Å²) in [6.07, 6.45) is 14.6. The average molecular weight is 758 g/mol. The molecule has 3 aliphatic heterocycles. The maximum atomic E-state index is 14.7. The first-order valence-corrected chi connectivity index (χ1v) is 20.6. The molecule has 6 rings (SSSR count). The highest BCUT2D eigenvalue weighted by Crippen LogP contribution is 2.54. The lowest BCUT2D eigenvalue weighted by molar-refractivity contribution is -0.314. The molecule has 6 unspecified atom stereocenters. The summed E-state index contributed by atoms with van der Waals surface area (Å²) >= 11 is 0. The summed E-state index contributed by atoms with van der Waals surface area (Å²) in [5.41, 5.74) is 0.752. The Bertz CT molecular complexity index is 1370. The molecule has 0 aromatic rings. The fraction of sp³-hybridized carbons (Fsp3) is 0.814. The molecule has 54 heavy (non-hydrogen) atoms. The van der Waals surface area contributed by atoms with Crippen molar-refractivity contribution in [2.75, 3.05) is 35.4 Å². The Morgan fingerprint density at radius 1 is 0.852 bits per heavy atom. The molecule has 3 aliphatic carbocycles. The lowest BCUT2D eigenvalue weighted by atomic mass is 9.70. The van der Waals surface area contributed by atoms with Gasteiger partial charge in [0.15, 0.2) is 18.4 Å². The van der Waals surface area contributed by atoms with Crippen molar-refractivity contribution in [1.29, 1.82) is 0 Å². The molecule has 11 heteroatoms. The van der Waals surface area contributed by atoms with Gasteiger partial charge in [0, 0.05) is 39.2 Å². The fourth-order valence-corrected chi connectivity index (χ4v) is 10.5. The van der Waals surface area contributed by atoms with Crippen LogP contribution in [0.15, 0.2) is 36.0 Å². The Morgan fingerprint density at radius 2 is 1.61 bits per heavy atom.